The van der Waals surface area contributed by atoms with Crippen LogP contribution in [-0.2, 0) is 28.2 Å². The molecule has 0 aromatic carbocycles. The van der Waals surface area contributed by atoms with Crippen molar-refractivity contribution in [2.75, 3.05) is 26.4 Å². The number of hydrogen-bond donors (Lipinski definition) is 0. The van der Waals surface area contributed by atoms with E-state index in [1.54, 1.807) is 12.3 Å². The number of halogens is 3. The Balaban J connectivity index is 1.45. The van der Waals surface area contributed by atoms with Gasteiger partial charge in [-0.3, -0.25) is 4.98 Å². The van der Waals surface area contributed by atoms with Gasteiger partial charge in [0.2, 0.25) is 5.95 Å². The maximum Gasteiger partial charge on any atom is 0.280 e. The summed E-state index contributed by atoms with van der Waals surface area (Å²) in [5, 5.41) is 0. The van der Waals surface area contributed by atoms with Crippen molar-refractivity contribution in [2.24, 2.45) is 5.92 Å². The van der Waals surface area contributed by atoms with Crippen molar-refractivity contribution in [3.05, 3.63) is 47.0 Å². The van der Waals surface area contributed by atoms with Crippen LogP contribution in [0.25, 0.3) is 11.4 Å². The van der Waals surface area contributed by atoms with Crippen LogP contribution in [0.4, 0.5) is 13.2 Å². The van der Waals surface area contributed by atoms with Gasteiger partial charge in [0.05, 0.1) is 17.0 Å². The van der Waals surface area contributed by atoms with E-state index in [9.17, 15) is 0 Å². The topological polar surface area (TPSA) is 44.2 Å². The molecule has 1 aliphatic rings. The van der Waals surface area contributed by atoms with Crippen LogP contribution >= 0.6 is 0 Å². The molecule has 2 heterocycles. The Morgan fingerprint density at radius 2 is 1.44 bits per heavy atom. The van der Waals surface area contributed by atoms with Crippen LogP contribution in [0.15, 0.2) is 24.4 Å². The zero-order valence-corrected chi connectivity index (χ0v) is 25.4. The molecule has 0 radical (unpaired) electrons. The van der Waals surface area contributed by atoms with Crippen LogP contribution in [0.1, 0.15) is 120 Å². The van der Waals surface area contributed by atoms with Crippen LogP contribution in [-0.4, -0.2) is 36.4 Å². The summed E-state index contributed by atoms with van der Waals surface area (Å²) in [6, 6.07) is 5.40. The molecule has 0 N–H and O–H groups in total. The van der Waals surface area contributed by atoms with Gasteiger partial charge in [-0.1, -0.05) is 64.9 Å². The summed E-state index contributed by atoms with van der Waals surface area (Å²) < 4.78 is 57.2. The van der Waals surface area contributed by atoms with Gasteiger partial charge < -0.3 is 9.47 Å². The highest BCUT2D eigenvalue weighted by Crippen LogP contribution is 2.47. The van der Waals surface area contributed by atoms with E-state index in [0.29, 0.717) is 49.2 Å². The number of rotatable bonds is 21. The van der Waals surface area contributed by atoms with Gasteiger partial charge in [0.15, 0.2) is 0 Å². The van der Waals surface area contributed by atoms with E-state index < -0.39 is 23.4 Å². The Labute approximate surface area is 245 Å². The quantitative estimate of drug-likeness (QED) is 0.110. The molecule has 0 saturated heterocycles. The second-order valence-electron chi connectivity index (χ2n) is 11.5. The molecule has 1 aliphatic carbocycles. The lowest BCUT2D eigenvalue weighted by Crippen LogP contribution is -2.33. The van der Waals surface area contributed by atoms with Gasteiger partial charge >= 0.3 is 0 Å². The molecule has 0 spiro atoms. The molecular formula is C34H51F3N2O2. The number of hydrogen-bond acceptors (Lipinski definition) is 4. The van der Waals surface area contributed by atoms with Gasteiger partial charge in [-0.15, -0.1) is 0 Å². The zero-order valence-electron chi connectivity index (χ0n) is 25.4. The molecule has 2 aromatic heterocycles. The minimum Gasteiger partial charge on any atom is -0.381 e. The predicted molar refractivity (Wildman–Crippen MR) is 160 cm³/mol. The van der Waals surface area contributed by atoms with Crippen molar-refractivity contribution in [3.63, 3.8) is 0 Å². The molecule has 1 atom stereocenters. The monoisotopic (exact) mass is 576 g/mol. The van der Waals surface area contributed by atoms with Gasteiger partial charge in [-0.25, -0.2) is 13.8 Å². The van der Waals surface area contributed by atoms with E-state index >= 15 is 13.2 Å². The number of aryl methyl sites for hydroxylation is 2. The van der Waals surface area contributed by atoms with Crippen LogP contribution in [0.2, 0.25) is 0 Å². The number of pyridine rings is 2. The van der Waals surface area contributed by atoms with Gasteiger partial charge in [0.25, 0.3) is 5.92 Å². The lowest BCUT2D eigenvalue weighted by Gasteiger charge is -2.33. The largest absolute Gasteiger partial charge is 0.381 e. The fourth-order valence-corrected chi connectivity index (χ4v) is 5.60. The summed E-state index contributed by atoms with van der Waals surface area (Å²) in [6.07, 6.45) is 16.5. The lowest BCUT2D eigenvalue weighted by molar-refractivity contribution is -0.0825. The number of aromatic nitrogens is 2. The molecule has 2 aromatic rings. The van der Waals surface area contributed by atoms with Crippen molar-refractivity contribution in [1.82, 2.24) is 9.97 Å². The first-order valence-corrected chi connectivity index (χ1v) is 16.2. The van der Waals surface area contributed by atoms with Gasteiger partial charge in [0, 0.05) is 38.5 Å². The highest BCUT2D eigenvalue weighted by molar-refractivity contribution is 5.57. The van der Waals surface area contributed by atoms with Crippen LogP contribution in [0.3, 0.4) is 0 Å². The number of fused-ring (bicyclic) bond motifs is 1. The Hall–Kier alpha value is -1.99. The van der Waals surface area contributed by atoms with Gasteiger partial charge in [0.1, 0.15) is 0 Å². The van der Waals surface area contributed by atoms with E-state index in [-0.39, 0.29) is 0 Å². The first-order valence-electron chi connectivity index (χ1n) is 16.2. The molecule has 0 bridgehead atoms. The Bertz CT molecular complexity index is 1000. The molecule has 0 aliphatic heterocycles. The maximum atomic E-state index is 15.4. The normalized spacial score (nSPS) is 16.2. The molecule has 41 heavy (non-hydrogen) atoms. The van der Waals surface area contributed by atoms with E-state index in [4.69, 9.17) is 9.47 Å². The van der Waals surface area contributed by atoms with Crippen LogP contribution in [0, 0.1) is 11.9 Å². The zero-order chi connectivity index (χ0) is 29.3. The Morgan fingerprint density at radius 1 is 0.805 bits per heavy atom. The highest BCUT2D eigenvalue weighted by atomic mass is 19.3. The van der Waals surface area contributed by atoms with Crippen molar-refractivity contribution in [2.45, 2.75) is 123 Å². The average Bonchev–Trinajstić information content (AvgIpc) is 2.96. The number of unbranched alkanes of at least 4 members (excludes halogenated alkanes) is 8. The molecule has 7 heteroatoms. The molecule has 0 saturated carbocycles. The molecular weight excluding hydrogens is 525 g/mol. The second-order valence-corrected chi connectivity index (χ2v) is 11.5. The van der Waals surface area contributed by atoms with Crippen molar-refractivity contribution >= 4 is 0 Å². The third kappa shape index (κ3) is 11.0. The lowest BCUT2D eigenvalue weighted by atomic mass is 9.78. The molecule has 0 amide bonds. The Morgan fingerprint density at radius 3 is 2.05 bits per heavy atom. The smallest absolute Gasteiger partial charge is 0.280 e. The minimum atomic E-state index is -3.21. The molecule has 3 rings (SSSR count). The van der Waals surface area contributed by atoms with E-state index in [0.717, 1.165) is 76.8 Å². The standard InChI is InChI=1S/C34H51F3N2O2/c1-3-5-11-21-40-23-13-7-9-15-27-17-20-30(38-26-27)31-25-28-18-19-29(34(36,37)32(28)33(35)39-31)16-10-8-14-24-41-22-12-6-4-2/h17,20,25-26,29H,3-16,18-19,21-24H2,1-2H3. The summed E-state index contributed by atoms with van der Waals surface area (Å²) in [5.41, 5.74) is 1.78. The summed E-state index contributed by atoms with van der Waals surface area (Å²) in [7, 11) is 0. The number of ether oxygens (including phenoxy) is 2. The van der Waals surface area contributed by atoms with Crippen LogP contribution in [0.5, 0.6) is 0 Å². The Kier molecular flexibility index (Phi) is 15.1. The fraction of sp³-hybridized carbons (Fsp3) is 0.706. The summed E-state index contributed by atoms with van der Waals surface area (Å²) in [4.78, 5) is 8.43. The van der Waals surface area contributed by atoms with Crippen LogP contribution < -0.4 is 0 Å². The molecule has 230 valence electrons. The minimum absolute atomic E-state index is 0.321. The third-order valence-corrected chi connectivity index (χ3v) is 8.13. The SMILES string of the molecule is CCCCCOCCCCCc1ccc(-c2cc3c(c(F)n2)C(F)(F)C(CCCCCOCCCCC)CC3)nc1. The summed E-state index contributed by atoms with van der Waals surface area (Å²) >= 11 is 0. The van der Waals surface area contributed by atoms with E-state index in [2.05, 4.69) is 23.8 Å². The average molecular weight is 577 g/mol. The van der Waals surface area contributed by atoms with E-state index in [1.807, 2.05) is 12.1 Å². The summed E-state index contributed by atoms with van der Waals surface area (Å²) in [5.74, 6) is -5.12. The highest BCUT2D eigenvalue weighted by Gasteiger charge is 2.47. The number of nitrogens with zero attached hydrogens (tertiary/aromatic N) is 2. The van der Waals surface area contributed by atoms with Gasteiger partial charge in [-0.05, 0) is 81.0 Å². The van der Waals surface area contributed by atoms with Crippen molar-refractivity contribution < 1.29 is 22.6 Å². The van der Waals surface area contributed by atoms with Crippen molar-refractivity contribution in [1.29, 1.82) is 0 Å². The predicted octanol–water partition coefficient (Wildman–Crippen LogP) is 9.62. The maximum absolute atomic E-state index is 15.4. The first-order chi connectivity index (χ1) is 20.0. The second kappa shape index (κ2) is 18.5. The van der Waals surface area contributed by atoms with Crippen molar-refractivity contribution in [3.8, 4) is 11.4 Å². The van der Waals surface area contributed by atoms with Gasteiger partial charge in [-0.2, -0.15) is 4.39 Å². The fourth-order valence-electron chi connectivity index (χ4n) is 5.60. The third-order valence-electron chi connectivity index (χ3n) is 8.13. The first kappa shape index (κ1) is 33.5. The molecule has 4 nitrogen and oxygen atoms in total. The molecule has 0 fully saturated rings. The van der Waals surface area contributed by atoms with E-state index in [1.165, 1.54) is 25.7 Å². The summed E-state index contributed by atoms with van der Waals surface area (Å²) in [6.45, 7) is 7.46. The molecule has 1 unspecified atom stereocenters. The number of alkyl halides is 2.